The van der Waals surface area contributed by atoms with Crippen LogP contribution < -0.4 is 14.8 Å². The quantitative estimate of drug-likeness (QED) is 0.673. The summed E-state index contributed by atoms with van der Waals surface area (Å²) in [5.41, 5.74) is 2.16. The number of nitrogens with zero attached hydrogens (tertiary/aromatic N) is 1. The molecule has 1 heterocycles. The Morgan fingerprint density at radius 3 is 2.45 bits per heavy atom. The number of amides is 2. The van der Waals surface area contributed by atoms with Gasteiger partial charge in [0.15, 0.2) is 11.5 Å². The Morgan fingerprint density at radius 2 is 1.68 bits per heavy atom. The van der Waals surface area contributed by atoms with Crippen LogP contribution in [0.2, 0.25) is 0 Å². The Hall–Kier alpha value is -3.80. The molecule has 2 amide bonds. The van der Waals surface area contributed by atoms with Gasteiger partial charge in [-0.1, -0.05) is 42.5 Å². The standard InChI is InChI=1S/C25H24N2O4/c1-17(27(2)25(29)23-16-30-21-13-6-7-14-22(21)31-23)19-11-8-12-20(15-19)26-24(28)18-9-4-3-5-10-18/h3-15,17,23H,16H2,1-2H3,(H,26,28)/t17-,23+/m0/s1. The number of ether oxygens (including phenoxy) is 2. The molecule has 3 aromatic rings. The van der Waals surface area contributed by atoms with E-state index in [2.05, 4.69) is 5.32 Å². The zero-order chi connectivity index (χ0) is 21.8. The Kier molecular flexibility index (Phi) is 5.89. The van der Waals surface area contributed by atoms with E-state index in [0.717, 1.165) is 5.56 Å². The van der Waals surface area contributed by atoms with Gasteiger partial charge in [-0.3, -0.25) is 9.59 Å². The molecule has 1 aliphatic heterocycles. The van der Waals surface area contributed by atoms with Gasteiger partial charge in [0.1, 0.15) is 6.61 Å². The molecule has 0 radical (unpaired) electrons. The van der Waals surface area contributed by atoms with E-state index in [0.29, 0.717) is 22.7 Å². The van der Waals surface area contributed by atoms with Crippen LogP contribution in [0.4, 0.5) is 5.69 Å². The van der Waals surface area contributed by atoms with Crippen LogP contribution in [0.1, 0.15) is 28.9 Å². The number of hydrogen-bond donors (Lipinski definition) is 1. The number of rotatable bonds is 5. The van der Waals surface area contributed by atoms with Crippen LogP contribution in [0.15, 0.2) is 78.9 Å². The number of anilines is 1. The van der Waals surface area contributed by atoms with Crippen LogP contribution in [-0.4, -0.2) is 36.5 Å². The lowest BCUT2D eigenvalue weighted by Gasteiger charge is -2.32. The van der Waals surface area contributed by atoms with Crippen molar-refractivity contribution in [1.29, 1.82) is 0 Å². The molecule has 1 N–H and O–H groups in total. The highest BCUT2D eigenvalue weighted by molar-refractivity contribution is 6.04. The van der Waals surface area contributed by atoms with Crippen LogP contribution in [0, 0.1) is 0 Å². The van der Waals surface area contributed by atoms with Crippen LogP contribution in [-0.2, 0) is 4.79 Å². The summed E-state index contributed by atoms with van der Waals surface area (Å²) >= 11 is 0. The second-order valence-electron chi connectivity index (χ2n) is 7.43. The largest absolute Gasteiger partial charge is 0.485 e. The number of benzene rings is 3. The monoisotopic (exact) mass is 416 g/mol. The van der Waals surface area contributed by atoms with Crippen molar-refractivity contribution >= 4 is 17.5 Å². The van der Waals surface area contributed by atoms with Crippen molar-refractivity contribution in [3.63, 3.8) is 0 Å². The Balaban J connectivity index is 1.44. The Morgan fingerprint density at radius 1 is 0.968 bits per heavy atom. The molecule has 3 aromatic carbocycles. The van der Waals surface area contributed by atoms with Crippen LogP contribution in [0.25, 0.3) is 0 Å². The summed E-state index contributed by atoms with van der Waals surface area (Å²) in [7, 11) is 1.74. The second-order valence-corrected chi connectivity index (χ2v) is 7.43. The molecule has 0 saturated carbocycles. The molecule has 6 nitrogen and oxygen atoms in total. The molecule has 4 rings (SSSR count). The van der Waals surface area contributed by atoms with E-state index in [1.807, 2.05) is 67.6 Å². The topological polar surface area (TPSA) is 67.9 Å². The lowest BCUT2D eigenvalue weighted by Crippen LogP contribution is -2.45. The molecule has 0 aromatic heterocycles. The lowest BCUT2D eigenvalue weighted by molar-refractivity contribution is -0.141. The van der Waals surface area contributed by atoms with Gasteiger partial charge in [-0.2, -0.15) is 0 Å². The molecule has 31 heavy (non-hydrogen) atoms. The number of carbonyl (C=O) groups excluding carboxylic acids is 2. The normalized spacial score (nSPS) is 15.6. The summed E-state index contributed by atoms with van der Waals surface area (Å²) < 4.78 is 11.5. The van der Waals surface area contributed by atoms with E-state index < -0.39 is 6.10 Å². The Labute approximate surface area is 181 Å². The van der Waals surface area contributed by atoms with Gasteiger partial charge >= 0.3 is 0 Å². The fourth-order valence-corrected chi connectivity index (χ4v) is 3.45. The number of carbonyl (C=O) groups is 2. The molecule has 158 valence electrons. The molecule has 0 aliphatic carbocycles. The minimum Gasteiger partial charge on any atom is -0.485 e. The van der Waals surface area contributed by atoms with Crippen LogP contribution >= 0.6 is 0 Å². The van der Waals surface area contributed by atoms with Gasteiger partial charge < -0.3 is 19.7 Å². The smallest absolute Gasteiger partial charge is 0.267 e. The fourth-order valence-electron chi connectivity index (χ4n) is 3.45. The number of nitrogens with one attached hydrogen (secondary N) is 1. The highest BCUT2D eigenvalue weighted by Crippen LogP contribution is 2.32. The summed E-state index contributed by atoms with van der Waals surface area (Å²) in [4.78, 5) is 27.1. The van der Waals surface area contributed by atoms with E-state index in [4.69, 9.17) is 9.47 Å². The number of hydrogen-bond acceptors (Lipinski definition) is 4. The van der Waals surface area contributed by atoms with Gasteiger partial charge in [0, 0.05) is 18.3 Å². The van der Waals surface area contributed by atoms with E-state index >= 15 is 0 Å². The maximum Gasteiger partial charge on any atom is 0.267 e. The molecular formula is C25H24N2O4. The van der Waals surface area contributed by atoms with Crippen molar-refractivity contribution < 1.29 is 19.1 Å². The fraction of sp³-hybridized carbons (Fsp3) is 0.200. The molecule has 0 fully saturated rings. The van der Waals surface area contributed by atoms with Crippen molar-refractivity contribution in [1.82, 2.24) is 4.90 Å². The number of likely N-dealkylation sites (N-methyl/N-ethyl adjacent to an activating group) is 1. The van der Waals surface area contributed by atoms with Gasteiger partial charge in [0.05, 0.1) is 6.04 Å². The maximum absolute atomic E-state index is 13.0. The van der Waals surface area contributed by atoms with Crippen molar-refractivity contribution in [3.8, 4) is 11.5 Å². The summed E-state index contributed by atoms with van der Waals surface area (Å²) in [5, 5.41) is 2.91. The van der Waals surface area contributed by atoms with Gasteiger partial charge in [0.2, 0.25) is 6.10 Å². The highest BCUT2D eigenvalue weighted by Gasteiger charge is 2.31. The van der Waals surface area contributed by atoms with Gasteiger partial charge in [-0.25, -0.2) is 0 Å². The predicted octanol–water partition coefficient (Wildman–Crippen LogP) is 4.30. The zero-order valence-electron chi connectivity index (χ0n) is 17.4. The van der Waals surface area contributed by atoms with Gasteiger partial charge in [-0.05, 0) is 48.9 Å². The van der Waals surface area contributed by atoms with Crippen molar-refractivity contribution in [3.05, 3.63) is 90.0 Å². The summed E-state index contributed by atoms with van der Waals surface area (Å²) in [6, 6.07) is 23.6. The third-order valence-corrected chi connectivity index (χ3v) is 5.38. The van der Waals surface area contributed by atoms with E-state index in [9.17, 15) is 9.59 Å². The molecule has 0 saturated heterocycles. The average Bonchev–Trinajstić information content (AvgIpc) is 2.83. The van der Waals surface area contributed by atoms with Gasteiger partial charge in [0.25, 0.3) is 11.8 Å². The second kappa shape index (κ2) is 8.92. The van der Waals surface area contributed by atoms with E-state index in [1.165, 1.54) is 0 Å². The molecule has 1 aliphatic rings. The summed E-state index contributed by atoms with van der Waals surface area (Å²) in [6.45, 7) is 2.10. The third-order valence-electron chi connectivity index (χ3n) is 5.38. The minimum atomic E-state index is -0.705. The van der Waals surface area contributed by atoms with E-state index in [1.54, 1.807) is 30.1 Å². The molecule has 6 heteroatoms. The lowest BCUT2D eigenvalue weighted by atomic mass is 10.1. The van der Waals surface area contributed by atoms with Gasteiger partial charge in [-0.15, -0.1) is 0 Å². The number of fused-ring (bicyclic) bond motifs is 1. The minimum absolute atomic E-state index is 0.166. The Bertz CT molecular complexity index is 1080. The molecule has 0 spiro atoms. The van der Waals surface area contributed by atoms with Crippen molar-refractivity contribution in [2.24, 2.45) is 0 Å². The summed E-state index contributed by atoms with van der Waals surface area (Å²) in [5.74, 6) is 0.866. The van der Waals surface area contributed by atoms with Crippen LogP contribution in [0.5, 0.6) is 11.5 Å². The zero-order valence-corrected chi connectivity index (χ0v) is 17.4. The third kappa shape index (κ3) is 4.53. The molecule has 0 unspecified atom stereocenters. The van der Waals surface area contributed by atoms with Crippen LogP contribution in [0.3, 0.4) is 0 Å². The van der Waals surface area contributed by atoms with Crippen molar-refractivity contribution in [2.45, 2.75) is 19.1 Å². The first kappa shape index (κ1) is 20.5. The first-order valence-corrected chi connectivity index (χ1v) is 10.1. The van der Waals surface area contributed by atoms with E-state index in [-0.39, 0.29) is 24.5 Å². The highest BCUT2D eigenvalue weighted by atomic mass is 16.6. The first-order chi connectivity index (χ1) is 15.0. The molecule has 0 bridgehead atoms. The van der Waals surface area contributed by atoms with Crippen molar-refractivity contribution in [2.75, 3.05) is 19.0 Å². The molecular weight excluding hydrogens is 392 g/mol. The SMILES string of the molecule is C[C@@H](c1cccc(NC(=O)c2ccccc2)c1)N(C)C(=O)[C@H]1COc2ccccc2O1. The first-order valence-electron chi connectivity index (χ1n) is 10.1. The average molecular weight is 416 g/mol. The number of para-hydroxylation sites is 2. The maximum atomic E-state index is 13.0. The predicted molar refractivity (Wildman–Crippen MR) is 118 cm³/mol. The molecule has 2 atom stereocenters. The summed E-state index contributed by atoms with van der Waals surface area (Å²) in [6.07, 6.45) is -0.705.